The Morgan fingerprint density at radius 3 is 3.20 bits per heavy atom. The third-order valence-electron chi connectivity index (χ3n) is 3.61. The maximum atomic E-state index is 10.8. The van der Waals surface area contributed by atoms with Gasteiger partial charge in [-0.2, -0.15) is 0 Å². The molecule has 15 heavy (non-hydrogen) atoms. The second kappa shape index (κ2) is 3.52. The molecule has 0 bridgehead atoms. The van der Waals surface area contributed by atoms with Gasteiger partial charge in [0.05, 0.1) is 10.4 Å². The van der Waals surface area contributed by atoms with Crippen LogP contribution in [-0.2, 0) is 5.60 Å². The van der Waals surface area contributed by atoms with E-state index in [9.17, 15) is 5.11 Å². The molecule has 5 heteroatoms. The number of halogens is 1. The third kappa shape index (κ3) is 1.40. The number of hydrogen-bond donors (Lipinski definition) is 1. The molecule has 0 saturated carbocycles. The lowest BCUT2D eigenvalue weighted by molar-refractivity contribution is 0.0120. The second-order valence-corrected chi connectivity index (χ2v) is 5.95. The summed E-state index contributed by atoms with van der Waals surface area (Å²) in [4.78, 5) is 7.60. The van der Waals surface area contributed by atoms with E-state index in [1.807, 2.05) is 0 Å². The van der Waals surface area contributed by atoms with Gasteiger partial charge in [-0.25, -0.2) is 4.98 Å². The minimum atomic E-state index is -0.656. The Labute approximate surface area is 101 Å². The molecule has 1 N–H and O–H groups in total. The summed E-state index contributed by atoms with van der Waals surface area (Å²) in [6.07, 6.45) is 3.17. The van der Waals surface area contributed by atoms with E-state index in [0.29, 0.717) is 6.04 Å². The van der Waals surface area contributed by atoms with Gasteiger partial charge in [-0.3, -0.25) is 4.90 Å². The first-order valence-electron chi connectivity index (χ1n) is 5.28. The Balaban J connectivity index is 2.00. The van der Waals surface area contributed by atoms with Crippen molar-refractivity contribution in [1.29, 1.82) is 0 Å². The van der Waals surface area contributed by atoms with Gasteiger partial charge < -0.3 is 5.11 Å². The molecular weight excluding hydrogens is 276 g/mol. The molecule has 2 atom stereocenters. The first-order valence-corrected chi connectivity index (χ1v) is 6.95. The van der Waals surface area contributed by atoms with E-state index in [0.717, 1.165) is 35.4 Å². The van der Waals surface area contributed by atoms with Crippen LogP contribution in [0.3, 0.4) is 0 Å². The van der Waals surface area contributed by atoms with Gasteiger partial charge in [0.25, 0.3) is 0 Å². The molecule has 2 fully saturated rings. The van der Waals surface area contributed by atoms with Crippen molar-refractivity contribution >= 4 is 27.3 Å². The molecule has 0 spiro atoms. The summed E-state index contributed by atoms with van der Waals surface area (Å²) in [5, 5.41) is 10.8. The van der Waals surface area contributed by atoms with Crippen molar-refractivity contribution in [2.24, 2.45) is 0 Å². The van der Waals surface area contributed by atoms with Crippen LogP contribution in [0.2, 0.25) is 0 Å². The molecule has 2 aliphatic rings. The van der Waals surface area contributed by atoms with E-state index >= 15 is 0 Å². The topological polar surface area (TPSA) is 36.4 Å². The summed E-state index contributed by atoms with van der Waals surface area (Å²) >= 11 is 4.99. The Morgan fingerprint density at radius 2 is 2.47 bits per heavy atom. The van der Waals surface area contributed by atoms with Crippen LogP contribution >= 0.6 is 27.3 Å². The largest absolute Gasteiger partial charge is 0.383 e. The van der Waals surface area contributed by atoms with Crippen molar-refractivity contribution in [1.82, 2.24) is 9.88 Å². The molecule has 3 nitrogen and oxygen atoms in total. The normalized spacial score (nSPS) is 36.0. The minimum absolute atomic E-state index is 0.314. The van der Waals surface area contributed by atoms with Crippen molar-refractivity contribution < 1.29 is 5.11 Å². The van der Waals surface area contributed by atoms with Crippen LogP contribution in [0.15, 0.2) is 10.1 Å². The SMILES string of the molecule is OC1(c2scnc2Br)CCN2CCCC21. The number of hydrogen-bond acceptors (Lipinski definition) is 4. The second-order valence-electron chi connectivity index (χ2n) is 4.34. The molecule has 1 aromatic rings. The third-order valence-corrected chi connectivity index (χ3v) is 5.47. The highest BCUT2D eigenvalue weighted by Gasteiger charge is 2.50. The standard InChI is InChI=1S/C10H13BrN2OS/c11-9-8(15-6-12-9)10(14)3-5-13-4-1-2-7(10)13/h6-7,14H,1-5H2. The molecular formula is C10H13BrN2OS. The summed E-state index contributed by atoms with van der Waals surface area (Å²) in [6, 6.07) is 0.314. The van der Waals surface area contributed by atoms with Gasteiger partial charge in [-0.1, -0.05) is 0 Å². The minimum Gasteiger partial charge on any atom is -0.383 e. The molecule has 1 aromatic heterocycles. The van der Waals surface area contributed by atoms with E-state index in [1.165, 1.54) is 6.42 Å². The van der Waals surface area contributed by atoms with Crippen LogP contribution in [0.5, 0.6) is 0 Å². The highest BCUT2D eigenvalue weighted by molar-refractivity contribution is 9.10. The predicted molar refractivity (Wildman–Crippen MR) is 62.9 cm³/mol. The highest BCUT2D eigenvalue weighted by Crippen LogP contribution is 2.46. The fraction of sp³-hybridized carbons (Fsp3) is 0.700. The maximum absolute atomic E-state index is 10.8. The number of aromatic nitrogens is 1. The number of nitrogens with zero attached hydrogens (tertiary/aromatic N) is 2. The Hall–Kier alpha value is 0.0300. The molecule has 3 rings (SSSR count). The monoisotopic (exact) mass is 288 g/mol. The van der Waals surface area contributed by atoms with Gasteiger partial charge in [0.2, 0.25) is 0 Å². The summed E-state index contributed by atoms with van der Waals surface area (Å²) in [7, 11) is 0. The Kier molecular flexibility index (Phi) is 2.39. The average Bonchev–Trinajstić information content (AvgIpc) is 2.85. The lowest BCUT2D eigenvalue weighted by Gasteiger charge is -2.28. The number of thiazole rings is 1. The highest BCUT2D eigenvalue weighted by atomic mass is 79.9. The molecule has 2 unspecified atom stereocenters. The lowest BCUT2D eigenvalue weighted by atomic mass is 9.91. The first-order chi connectivity index (χ1) is 7.22. The van der Waals surface area contributed by atoms with Gasteiger partial charge in [0, 0.05) is 12.6 Å². The summed E-state index contributed by atoms with van der Waals surface area (Å²) < 4.78 is 0.823. The van der Waals surface area contributed by atoms with Gasteiger partial charge in [0.15, 0.2) is 0 Å². The van der Waals surface area contributed by atoms with E-state index < -0.39 is 5.60 Å². The van der Waals surface area contributed by atoms with Crippen LogP contribution in [0.25, 0.3) is 0 Å². The molecule has 0 aromatic carbocycles. The summed E-state index contributed by atoms with van der Waals surface area (Å²) in [6.45, 7) is 2.16. The van der Waals surface area contributed by atoms with Gasteiger partial charge in [-0.05, 0) is 41.7 Å². The van der Waals surface area contributed by atoms with E-state index in [1.54, 1.807) is 16.8 Å². The Bertz CT molecular complexity index is 383. The average molecular weight is 289 g/mol. The summed E-state index contributed by atoms with van der Waals surface area (Å²) in [5.74, 6) is 0. The smallest absolute Gasteiger partial charge is 0.123 e. The van der Waals surface area contributed by atoms with Crippen molar-refractivity contribution in [2.75, 3.05) is 13.1 Å². The zero-order valence-corrected chi connectivity index (χ0v) is 10.7. The summed E-state index contributed by atoms with van der Waals surface area (Å²) in [5.41, 5.74) is 1.14. The van der Waals surface area contributed by atoms with Crippen molar-refractivity contribution in [2.45, 2.75) is 30.9 Å². The molecule has 2 aliphatic heterocycles. The van der Waals surface area contributed by atoms with Crippen LogP contribution < -0.4 is 0 Å². The maximum Gasteiger partial charge on any atom is 0.123 e. The number of aliphatic hydroxyl groups is 1. The molecule has 3 heterocycles. The van der Waals surface area contributed by atoms with Crippen LogP contribution in [0, 0.1) is 0 Å². The van der Waals surface area contributed by atoms with E-state index in [4.69, 9.17) is 0 Å². The van der Waals surface area contributed by atoms with Crippen LogP contribution in [0.1, 0.15) is 24.1 Å². The van der Waals surface area contributed by atoms with Crippen LogP contribution in [0.4, 0.5) is 0 Å². The molecule has 0 amide bonds. The van der Waals surface area contributed by atoms with Crippen LogP contribution in [-0.4, -0.2) is 34.1 Å². The van der Waals surface area contributed by atoms with Gasteiger partial charge in [0.1, 0.15) is 10.2 Å². The quantitative estimate of drug-likeness (QED) is 0.858. The zero-order valence-electron chi connectivity index (χ0n) is 8.32. The molecule has 2 saturated heterocycles. The zero-order chi connectivity index (χ0) is 10.5. The van der Waals surface area contributed by atoms with Gasteiger partial charge in [-0.15, -0.1) is 11.3 Å². The van der Waals surface area contributed by atoms with Crippen molar-refractivity contribution in [3.05, 3.63) is 15.0 Å². The van der Waals surface area contributed by atoms with Gasteiger partial charge >= 0.3 is 0 Å². The molecule has 82 valence electrons. The van der Waals surface area contributed by atoms with E-state index in [2.05, 4.69) is 25.8 Å². The molecule has 0 radical (unpaired) electrons. The Morgan fingerprint density at radius 1 is 1.60 bits per heavy atom. The fourth-order valence-corrected chi connectivity index (χ4v) is 4.61. The van der Waals surface area contributed by atoms with Crippen molar-refractivity contribution in [3.8, 4) is 0 Å². The first kappa shape index (κ1) is 10.2. The molecule has 0 aliphatic carbocycles. The fourth-order valence-electron chi connectivity index (χ4n) is 2.89. The van der Waals surface area contributed by atoms with E-state index in [-0.39, 0.29) is 0 Å². The van der Waals surface area contributed by atoms with Crippen molar-refractivity contribution in [3.63, 3.8) is 0 Å². The lowest BCUT2D eigenvalue weighted by Crippen LogP contribution is -2.38. The number of fused-ring (bicyclic) bond motifs is 1. The predicted octanol–water partition coefficient (Wildman–Crippen LogP) is 1.96. The number of rotatable bonds is 1.